The van der Waals surface area contributed by atoms with Crippen molar-refractivity contribution in [3.8, 4) is 22.3 Å². The van der Waals surface area contributed by atoms with Gasteiger partial charge in [0.05, 0.1) is 0 Å². The van der Waals surface area contributed by atoms with Crippen molar-refractivity contribution >= 4 is 22.7 Å². The van der Waals surface area contributed by atoms with Crippen molar-refractivity contribution in [3.05, 3.63) is 133 Å². The van der Waals surface area contributed by atoms with Crippen LogP contribution in [0.4, 0.5) is 22.7 Å². The van der Waals surface area contributed by atoms with Crippen molar-refractivity contribution in [1.29, 1.82) is 0 Å². The standard InChI is InChI=1S/C31H26N2/c1-23-30(33-27-15-9-4-10-16-27)22-21-29(31(23)25-11-5-2-6-12-25)24-17-19-28(20-18-24)32-26-13-7-3-8-14-26/h2-22,32-33H,1H3. The van der Waals surface area contributed by atoms with Crippen LogP contribution in [0.1, 0.15) is 5.56 Å². The summed E-state index contributed by atoms with van der Waals surface area (Å²) in [5.74, 6) is 0. The van der Waals surface area contributed by atoms with Gasteiger partial charge in [-0.2, -0.15) is 0 Å². The summed E-state index contributed by atoms with van der Waals surface area (Å²) < 4.78 is 0. The van der Waals surface area contributed by atoms with Crippen LogP contribution in [-0.2, 0) is 0 Å². The third-order valence-corrected chi connectivity index (χ3v) is 5.84. The van der Waals surface area contributed by atoms with Gasteiger partial charge >= 0.3 is 0 Å². The summed E-state index contributed by atoms with van der Waals surface area (Å²) in [6.45, 7) is 2.20. The fraction of sp³-hybridized carbons (Fsp3) is 0.0323. The third kappa shape index (κ3) is 4.65. The zero-order valence-corrected chi connectivity index (χ0v) is 18.6. The molecular weight excluding hydrogens is 400 g/mol. The van der Waals surface area contributed by atoms with E-state index in [-0.39, 0.29) is 0 Å². The number of nitrogens with one attached hydrogen (secondary N) is 2. The van der Waals surface area contributed by atoms with E-state index in [4.69, 9.17) is 0 Å². The summed E-state index contributed by atoms with van der Waals surface area (Å²) >= 11 is 0. The van der Waals surface area contributed by atoms with E-state index in [2.05, 4.69) is 121 Å². The molecule has 0 aromatic heterocycles. The molecule has 5 aromatic carbocycles. The Morgan fingerprint density at radius 1 is 0.424 bits per heavy atom. The molecule has 0 spiro atoms. The largest absolute Gasteiger partial charge is 0.356 e. The van der Waals surface area contributed by atoms with Crippen LogP contribution in [-0.4, -0.2) is 0 Å². The second-order valence-electron chi connectivity index (χ2n) is 8.09. The first-order chi connectivity index (χ1) is 16.3. The Hall–Kier alpha value is -4.30. The molecule has 2 heteroatoms. The van der Waals surface area contributed by atoms with E-state index in [9.17, 15) is 0 Å². The summed E-state index contributed by atoms with van der Waals surface area (Å²) in [5, 5.41) is 7.05. The molecule has 0 saturated heterocycles. The first kappa shape index (κ1) is 20.6. The van der Waals surface area contributed by atoms with E-state index < -0.39 is 0 Å². The Morgan fingerprint density at radius 3 is 1.55 bits per heavy atom. The maximum atomic E-state index is 3.59. The average Bonchev–Trinajstić information content (AvgIpc) is 2.87. The molecule has 0 fully saturated rings. The van der Waals surface area contributed by atoms with Crippen molar-refractivity contribution in [2.24, 2.45) is 0 Å². The summed E-state index contributed by atoms with van der Waals surface area (Å²) in [4.78, 5) is 0. The van der Waals surface area contributed by atoms with Gasteiger partial charge in [0.1, 0.15) is 0 Å². The highest BCUT2D eigenvalue weighted by atomic mass is 14.9. The predicted molar refractivity (Wildman–Crippen MR) is 142 cm³/mol. The van der Waals surface area contributed by atoms with E-state index in [1.54, 1.807) is 0 Å². The van der Waals surface area contributed by atoms with Gasteiger partial charge in [0.15, 0.2) is 0 Å². The van der Waals surface area contributed by atoms with Crippen molar-refractivity contribution in [3.63, 3.8) is 0 Å². The first-order valence-corrected chi connectivity index (χ1v) is 11.2. The van der Waals surface area contributed by atoms with Gasteiger partial charge in [-0.3, -0.25) is 0 Å². The zero-order chi connectivity index (χ0) is 22.5. The van der Waals surface area contributed by atoms with Gasteiger partial charge in [0.25, 0.3) is 0 Å². The monoisotopic (exact) mass is 426 g/mol. The van der Waals surface area contributed by atoms with Crippen LogP contribution in [0.2, 0.25) is 0 Å². The molecule has 5 rings (SSSR count). The van der Waals surface area contributed by atoms with Gasteiger partial charge < -0.3 is 10.6 Å². The quantitative estimate of drug-likeness (QED) is 0.283. The highest BCUT2D eigenvalue weighted by Gasteiger charge is 2.14. The second kappa shape index (κ2) is 9.46. The topological polar surface area (TPSA) is 24.1 Å². The van der Waals surface area contributed by atoms with Crippen LogP contribution in [0.15, 0.2) is 127 Å². The molecule has 0 amide bonds. The highest BCUT2D eigenvalue weighted by Crippen LogP contribution is 2.39. The highest BCUT2D eigenvalue weighted by molar-refractivity contribution is 5.90. The minimum atomic E-state index is 1.07. The van der Waals surface area contributed by atoms with E-state index in [0.29, 0.717) is 0 Å². The lowest BCUT2D eigenvalue weighted by atomic mass is 9.90. The van der Waals surface area contributed by atoms with Crippen LogP contribution in [0.3, 0.4) is 0 Å². The van der Waals surface area contributed by atoms with E-state index in [0.717, 1.165) is 22.7 Å². The average molecular weight is 427 g/mol. The molecule has 0 aliphatic carbocycles. The van der Waals surface area contributed by atoms with Crippen LogP contribution in [0.5, 0.6) is 0 Å². The molecule has 0 heterocycles. The van der Waals surface area contributed by atoms with Gasteiger partial charge in [-0.15, -0.1) is 0 Å². The number of hydrogen-bond donors (Lipinski definition) is 2. The predicted octanol–water partition coefficient (Wildman–Crippen LogP) is 8.82. The Bertz CT molecular complexity index is 1330. The third-order valence-electron chi connectivity index (χ3n) is 5.84. The van der Waals surface area contributed by atoms with Crippen molar-refractivity contribution < 1.29 is 0 Å². The number of benzene rings is 5. The fourth-order valence-corrected chi connectivity index (χ4v) is 4.16. The van der Waals surface area contributed by atoms with Crippen LogP contribution in [0, 0.1) is 6.92 Å². The van der Waals surface area contributed by atoms with Gasteiger partial charge in [-0.05, 0) is 77.2 Å². The zero-order valence-electron chi connectivity index (χ0n) is 18.6. The smallest absolute Gasteiger partial charge is 0.0420 e. The van der Waals surface area contributed by atoms with Gasteiger partial charge in [-0.1, -0.05) is 84.9 Å². The molecule has 2 nitrogen and oxygen atoms in total. The molecule has 2 N–H and O–H groups in total. The molecule has 0 aliphatic rings. The number of anilines is 4. The van der Waals surface area contributed by atoms with Crippen LogP contribution < -0.4 is 10.6 Å². The fourth-order valence-electron chi connectivity index (χ4n) is 4.16. The molecule has 0 bridgehead atoms. The molecule has 0 saturated carbocycles. The minimum absolute atomic E-state index is 1.07. The molecule has 0 atom stereocenters. The molecule has 0 unspecified atom stereocenters. The lowest BCUT2D eigenvalue weighted by Gasteiger charge is -2.19. The van der Waals surface area contributed by atoms with Crippen LogP contribution in [0.25, 0.3) is 22.3 Å². The molecule has 5 aromatic rings. The lowest BCUT2D eigenvalue weighted by molar-refractivity contribution is 1.42. The SMILES string of the molecule is Cc1c(Nc2ccccc2)ccc(-c2ccc(Nc3ccccc3)cc2)c1-c1ccccc1. The van der Waals surface area contributed by atoms with Crippen molar-refractivity contribution in [2.75, 3.05) is 10.6 Å². The van der Waals surface area contributed by atoms with Crippen molar-refractivity contribution in [2.45, 2.75) is 6.92 Å². The first-order valence-electron chi connectivity index (χ1n) is 11.2. The molecule has 33 heavy (non-hydrogen) atoms. The maximum absolute atomic E-state index is 3.59. The normalized spacial score (nSPS) is 10.6. The summed E-state index contributed by atoms with van der Waals surface area (Å²) in [6.07, 6.45) is 0. The van der Waals surface area contributed by atoms with Gasteiger partial charge in [-0.25, -0.2) is 0 Å². The molecular formula is C31H26N2. The summed E-state index contributed by atoms with van der Waals surface area (Å²) in [5.41, 5.74) is 10.5. The summed E-state index contributed by atoms with van der Waals surface area (Å²) in [7, 11) is 0. The van der Waals surface area contributed by atoms with Gasteiger partial charge in [0.2, 0.25) is 0 Å². The number of rotatable bonds is 6. The second-order valence-corrected chi connectivity index (χ2v) is 8.09. The van der Waals surface area contributed by atoms with E-state index in [1.165, 1.54) is 27.8 Å². The summed E-state index contributed by atoms with van der Waals surface area (Å²) in [6, 6.07) is 44.3. The molecule has 0 aliphatic heterocycles. The Labute approximate surface area is 195 Å². The van der Waals surface area contributed by atoms with E-state index >= 15 is 0 Å². The van der Waals surface area contributed by atoms with Crippen molar-refractivity contribution in [1.82, 2.24) is 0 Å². The Kier molecular flexibility index (Phi) is 5.90. The molecule has 160 valence electrons. The van der Waals surface area contributed by atoms with Crippen LogP contribution >= 0.6 is 0 Å². The minimum Gasteiger partial charge on any atom is -0.356 e. The van der Waals surface area contributed by atoms with E-state index in [1.807, 2.05) is 24.3 Å². The number of para-hydroxylation sites is 2. The Morgan fingerprint density at radius 2 is 0.939 bits per heavy atom. The molecule has 0 radical (unpaired) electrons. The number of hydrogen-bond acceptors (Lipinski definition) is 2. The Balaban J connectivity index is 1.53. The maximum Gasteiger partial charge on any atom is 0.0420 e. The lowest BCUT2D eigenvalue weighted by Crippen LogP contribution is -1.97. The van der Waals surface area contributed by atoms with Gasteiger partial charge in [0, 0.05) is 22.7 Å².